The van der Waals surface area contributed by atoms with Gasteiger partial charge in [0.1, 0.15) is 0 Å². The number of aryl methyl sites for hydroxylation is 1. The first-order valence-corrected chi connectivity index (χ1v) is 9.48. The number of hydrogen-bond donors (Lipinski definition) is 1. The zero-order chi connectivity index (χ0) is 16.4. The lowest BCUT2D eigenvalue weighted by molar-refractivity contribution is 0.582. The van der Waals surface area contributed by atoms with E-state index in [1.54, 1.807) is 0 Å². The Morgan fingerprint density at radius 3 is 2.00 bits per heavy atom. The fourth-order valence-corrected chi connectivity index (χ4v) is 2.68. The van der Waals surface area contributed by atoms with E-state index < -0.39 is 0 Å². The van der Waals surface area contributed by atoms with Crippen molar-refractivity contribution < 1.29 is 0 Å². The van der Waals surface area contributed by atoms with Crippen molar-refractivity contribution in [2.24, 2.45) is 5.73 Å². The minimum Gasteiger partial charge on any atom is -0.330 e. The van der Waals surface area contributed by atoms with Gasteiger partial charge in [0.15, 0.2) is 0 Å². The van der Waals surface area contributed by atoms with Gasteiger partial charge in [0.25, 0.3) is 0 Å². The van der Waals surface area contributed by atoms with Crippen molar-refractivity contribution in [1.82, 2.24) is 4.98 Å². The molecule has 2 heteroatoms. The van der Waals surface area contributed by atoms with Gasteiger partial charge in [-0.3, -0.25) is 4.98 Å². The number of nitrogens with zero attached hydrogens (tertiary/aromatic N) is 1. The summed E-state index contributed by atoms with van der Waals surface area (Å²) in [5.41, 5.74) is 6.83. The lowest BCUT2D eigenvalue weighted by atomic mass is 10.1. The topological polar surface area (TPSA) is 38.9 Å². The lowest BCUT2D eigenvalue weighted by Gasteiger charge is -2.02. The van der Waals surface area contributed by atoms with E-state index in [4.69, 9.17) is 5.73 Å². The Kier molecular flexibility index (Phi) is 13.3. The molecule has 0 spiro atoms. The van der Waals surface area contributed by atoms with Gasteiger partial charge in [-0.15, -0.1) is 11.8 Å². The van der Waals surface area contributed by atoms with Crippen molar-refractivity contribution in [3.63, 3.8) is 0 Å². The lowest BCUT2D eigenvalue weighted by Crippen LogP contribution is -1.97. The van der Waals surface area contributed by atoms with Gasteiger partial charge < -0.3 is 5.73 Å². The molecular formula is C21H34N2. The summed E-state index contributed by atoms with van der Waals surface area (Å²) in [6, 6.07) is 4.20. The first kappa shape index (κ1) is 19.7. The van der Waals surface area contributed by atoms with E-state index >= 15 is 0 Å². The summed E-state index contributed by atoms with van der Waals surface area (Å²) in [6.45, 7) is 0.816. The molecule has 0 bridgehead atoms. The molecular weight excluding hydrogens is 280 g/mol. The smallest absolute Gasteiger partial charge is 0.0299 e. The van der Waals surface area contributed by atoms with E-state index in [9.17, 15) is 0 Å². The highest BCUT2D eigenvalue weighted by Gasteiger charge is 1.94. The van der Waals surface area contributed by atoms with Crippen LogP contribution in [0.1, 0.15) is 82.6 Å². The van der Waals surface area contributed by atoms with Crippen molar-refractivity contribution in [1.29, 1.82) is 0 Å². The quantitative estimate of drug-likeness (QED) is 0.398. The second-order valence-electron chi connectivity index (χ2n) is 6.29. The van der Waals surface area contributed by atoms with E-state index in [1.165, 1.54) is 69.8 Å². The maximum atomic E-state index is 5.46. The van der Waals surface area contributed by atoms with Crippen molar-refractivity contribution in [3.05, 3.63) is 30.1 Å². The summed E-state index contributed by atoms with van der Waals surface area (Å²) in [7, 11) is 0. The largest absolute Gasteiger partial charge is 0.330 e. The third-order valence-electron chi connectivity index (χ3n) is 4.12. The van der Waals surface area contributed by atoms with Crippen LogP contribution in [0.15, 0.2) is 24.5 Å². The zero-order valence-corrected chi connectivity index (χ0v) is 14.7. The molecule has 23 heavy (non-hydrogen) atoms. The Bertz CT molecular complexity index is 416. The van der Waals surface area contributed by atoms with Crippen LogP contribution in [0, 0.1) is 11.8 Å². The van der Waals surface area contributed by atoms with Gasteiger partial charge in [0.2, 0.25) is 0 Å². The predicted molar refractivity (Wildman–Crippen MR) is 100 cm³/mol. The third kappa shape index (κ3) is 12.9. The van der Waals surface area contributed by atoms with Crippen LogP contribution in [-0.4, -0.2) is 11.5 Å². The van der Waals surface area contributed by atoms with Crippen LogP contribution in [0.2, 0.25) is 0 Å². The molecule has 0 amide bonds. The molecule has 2 nitrogen and oxygen atoms in total. The molecule has 0 aliphatic heterocycles. The van der Waals surface area contributed by atoms with Gasteiger partial charge >= 0.3 is 0 Å². The zero-order valence-electron chi connectivity index (χ0n) is 14.7. The average molecular weight is 315 g/mol. The first-order chi connectivity index (χ1) is 11.4. The number of rotatable bonds is 13. The molecule has 0 aliphatic rings. The van der Waals surface area contributed by atoms with Gasteiger partial charge in [-0.25, -0.2) is 0 Å². The van der Waals surface area contributed by atoms with Crippen molar-refractivity contribution in [2.75, 3.05) is 6.54 Å². The predicted octanol–water partition coefficient (Wildman–Crippen LogP) is 5.27. The molecule has 0 aliphatic carbocycles. The number of hydrogen-bond acceptors (Lipinski definition) is 2. The van der Waals surface area contributed by atoms with Crippen molar-refractivity contribution in [3.8, 4) is 11.8 Å². The van der Waals surface area contributed by atoms with Crippen LogP contribution in [0.5, 0.6) is 0 Å². The van der Waals surface area contributed by atoms with E-state index in [1.807, 2.05) is 18.5 Å². The minimum atomic E-state index is 0.816. The van der Waals surface area contributed by atoms with Crippen LogP contribution >= 0.6 is 0 Å². The molecule has 1 aromatic heterocycles. The monoisotopic (exact) mass is 314 g/mol. The van der Waals surface area contributed by atoms with Crippen molar-refractivity contribution in [2.45, 2.75) is 83.5 Å². The standard InChI is InChI=1S/C21H34N2/c22-18-14-12-10-8-6-4-2-1-3-5-7-9-11-13-16-21-17-15-19-23-20-21/h15,17,19-20H,1-3,5,7-14,16,18,22H2. The van der Waals surface area contributed by atoms with Gasteiger partial charge in [-0.2, -0.15) is 0 Å². The molecule has 2 N–H and O–H groups in total. The highest BCUT2D eigenvalue weighted by atomic mass is 14.6. The summed E-state index contributed by atoms with van der Waals surface area (Å²) >= 11 is 0. The molecule has 1 heterocycles. The number of unbranched alkanes of at least 4 members (excludes halogenated alkanes) is 10. The molecule has 0 atom stereocenters. The van der Waals surface area contributed by atoms with Gasteiger partial charge in [0, 0.05) is 25.2 Å². The summed E-state index contributed by atoms with van der Waals surface area (Å²) in [4.78, 5) is 4.16. The highest BCUT2D eigenvalue weighted by Crippen LogP contribution is 2.10. The summed E-state index contributed by atoms with van der Waals surface area (Å²) in [6.07, 6.45) is 20.1. The molecule has 0 fully saturated rings. The molecule has 0 unspecified atom stereocenters. The van der Waals surface area contributed by atoms with Crippen LogP contribution in [0.25, 0.3) is 0 Å². The second-order valence-corrected chi connectivity index (χ2v) is 6.29. The van der Waals surface area contributed by atoms with Crippen LogP contribution in [-0.2, 0) is 6.42 Å². The molecule has 128 valence electrons. The first-order valence-electron chi connectivity index (χ1n) is 9.48. The second kappa shape index (κ2) is 15.6. The maximum Gasteiger partial charge on any atom is 0.0299 e. The van der Waals surface area contributed by atoms with Crippen LogP contribution in [0.3, 0.4) is 0 Å². The summed E-state index contributed by atoms with van der Waals surface area (Å²) in [5.74, 6) is 6.59. The Morgan fingerprint density at radius 2 is 1.39 bits per heavy atom. The van der Waals surface area contributed by atoms with Crippen LogP contribution in [0.4, 0.5) is 0 Å². The van der Waals surface area contributed by atoms with Gasteiger partial charge in [-0.05, 0) is 50.3 Å². The molecule has 0 aromatic carbocycles. The van der Waals surface area contributed by atoms with Crippen molar-refractivity contribution >= 4 is 0 Å². The van der Waals surface area contributed by atoms with Gasteiger partial charge in [-0.1, -0.05) is 44.6 Å². The normalized spacial score (nSPS) is 10.3. The Morgan fingerprint density at radius 1 is 0.783 bits per heavy atom. The van der Waals surface area contributed by atoms with E-state index in [0.29, 0.717) is 0 Å². The third-order valence-corrected chi connectivity index (χ3v) is 4.12. The Balaban J connectivity index is 1.79. The minimum absolute atomic E-state index is 0.816. The molecule has 0 saturated heterocycles. The van der Waals surface area contributed by atoms with E-state index in [-0.39, 0.29) is 0 Å². The number of pyridine rings is 1. The molecule has 1 rings (SSSR count). The Labute approximate surface area is 143 Å². The van der Waals surface area contributed by atoms with E-state index in [0.717, 1.165) is 25.8 Å². The molecule has 0 radical (unpaired) electrons. The highest BCUT2D eigenvalue weighted by molar-refractivity contribution is 5.08. The summed E-state index contributed by atoms with van der Waals surface area (Å²) < 4.78 is 0. The fraction of sp³-hybridized carbons (Fsp3) is 0.667. The average Bonchev–Trinajstić information content (AvgIpc) is 2.59. The summed E-state index contributed by atoms with van der Waals surface area (Å²) in [5, 5.41) is 0. The number of nitrogens with two attached hydrogens (primary N) is 1. The fourth-order valence-electron chi connectivity index (χ4n) is 2.68. The van der Waals surface area contributed by atoms with E-state index in [2.05, 4.69) is 22.9 Å². The molecule has 1 aromatic rings. The SMILES string of the molecule is NCCCCCC#CCCCCCCCCCc1cccnc1. The molecule has 0 saturated carbocycles. The Hall–Kier alpha value is -1.33. The van der Waals surface area contributed by atoms with Gasteiger partial charge in [0.05, 0.1) is 0 Å². The number of aromatic nitrogens is 1. The maximum absolute atomic E-state index is 5.46. The van der Waals surface area contributed by atoms with Crippen LogP contribution < -0.4 is 5.73 Å².